The normalized spacial score (nSPS) is 36.9. The fourth-order valence-electron chi connectivity index (χ4n) is 1.49. The molecule has 0 aromatic rings. The maximum atomic E-state index is 11.2. The molecular weight excluding hydrogens is 162 g/mol. The monoisotopic (exact) mass is 177 g/mol. The fourth-order valence-corrected chi connectivity index (χ4v) is 3.43. The lowest BCUT2D eigenvalue weighted by Gasteiger charge is -2.27. The van der Waals surface area contributed by atoms with Crippen LogP contribution >= 0.6 is 0 Å². The Kier molecular flexibility index (Phi) is 2.54. The third-order valence-electron chi connectivity index (χ3n) is 1.97. The highest BCUT2D eigenvalue weighted by Crippen LogP contribution is 2.08. The molecule has 0 amide bonds. The summed E-state index contributed by atoms with van der Waals surface area (Å²) in [5.74, 6) is 0.608. The molecule has 66 valence electrons. The minimum atomic E-state index is -2.76. The van der Waals surface area contributed by atoms with E-state index in [0.717, 1.165) is 6.42 Å². The molecule has 0 spiro atoms. The molecule has 0 bridgehead atoms. The van der Waals surface area contributed by atoms with Gasteiger partial charge in [0.1, 0.15) is 0 Å². The summed E-state index contributed by atoms with van der Waals surface area (Å²) < 4.78 is 22.4. The minimum absolute atomic E-state index is 0.124. The van der Waals surface area contributed by atoms with E-state index in [1.165, 1.54) is 0 Å². The number of rotatable bonds is 1. The zero-order valence-electron chi connectivity index (χ0n) is 7.00. The lowest BCUT2D eigenvalue weighted by molar-refractivity contribution is 0.449. The van der Waals surface area contributed by atoms with Crippen LogP contribution in [-0.4, -0.2) is 32.0 Å². The van der Waals surface area contributed by atoms with Gasteiger partial charge in [-0.3, -0.25) is 0 Å². The predicted molar refractivity (Wildman–Crippen MR) is 45.3 cm³/mol. The van der Waals surface area contributed by atoms with Crippen LogP contribution in [0, 0.1) is 0 Å². The minimum Gasteiger partial charge on any atom is -0.309 e. The van der Waals surface area contributed by atoms with Crippen molar-refractivity contribution >= 4 is 9.84 Å². The van der Waals surface area contributed by atoms with Gasteiger partial charge in [0, 0.05) is 12.1 Å². The quantitative estimate of drug-likeness (QED) is 0.621. The summed E-state index contributed by atoms with van der Waals surface area (Å²) >= 11 is 0. The standard InChI is InChI=1S/C7H15NO2S/c1-3-7-5-11(9,10)4-6(2)8-7/h6-8H,3-5H2,1-2H3. The summed E-state index contributed by atoms with van der Waals surface area (Å²) in [5.41, 5.74) is 0. The smallest absolute Gasteiger partial charge is 0.153 e. The van der Waals surface area contributed by atoms with Crippen LogP contribution in [-0.2, 0) is 9.84 Å². The molecule has 2 unspecified atom stereocenters. The van der Waals surface area contributed by atoms with E-state index in [4.69, 9.17) is 0 Å². The molecule has 11 heavy (non-hydrogen) atoms. The Morgan fingerprint density at radius 2 is 2.09 bits per heavy atom. The first-order valence-corrected chi connectivity index (χ1v) is 5.82. The van der Waals surface area contributed by atoms with Crippen LogP contribution < -0.4 is 5.32 Å². The average Bonchev–Trinajstić information content (AvgIpc) is 1.83. The van der Waals surface area contributed by atoms with Crippen molar-refractivity contribution in [3.8, 4) is 0 Å². The Labute approximate surface area is 68.1 Å². The molecule has 0 radical (unpaired) electrons. The van der Waals surface area contributed by atoms with Crippen LogP contribution in [0.2, 0.25) is 0 Å². The van der Waals surface area contributed by atoms with E-state index in [2.05, 4.69) is 5.32 Å². The zero-order valence-corrected chi connectivity index (χ0v) is 7.82. The topological polar surface area (TPSA) is 46.2 Å². The lowest BCUT2D eigenvalue weighted by atomic mass is 10.2. The molecule has 0 aliphatic carbocycles. The van der Waals surface area contributed by atoms with Gasteiger partial charge in [-0.15, -0.1) is 0 Å². The van der Waals surface area contributed by atoms with E-state index in [0.29, 0.717) is 11.5 Å². The Balaban J connectivity index is 2.66. The highest BCUT2D eigenvalue weighted by Gasteiger charge is 2.27. The van der Waals surface area contributed by atoms with Crippen LogP contribution in [0.1, 0.15) is 20.3 Å². The van der Waals surface area contributed by atoms with Crippen molar-refractivity contribution in [3.63, 3.8) is 0 Å². The van der Waals surface area contributed by atoms with Crippen LogP contribution in [0.15, 0.2) is 0 Å². The number of nitrogens with one attached hydrogen (secondary N) is 1. The highest BCUT2D eigenvalue weighted by molar-refractivity contribution is 7.91. The van der Waals surface area contributed by atoms with Gasteiger partial charge in [0.2, 0.25) is 0 Å². The number of hydrogen-bond donors (Lipinski definition) is 1. The fraction of sp³-hybridized carbons (Fsp3) is 1.00. The van der Waals surface area contributed by atoms with Gasteiger partial charge in [-0.1, -0.05) is 6.92 Å². The first-order valence-electron chi connectivity index (χ1n) is 4.00. The first kappa shape index (κ1) is 9.00. The van der Waals surface area contributed by atoms with E-state index < -0.39 is 9.84 Å². The molecule has 2 atom stereocenters. The maximum Gasteiger partial charge on any atom is 0.153 e. The van der Waals surface area contributed by atoms with Crippen molar-refractivity contribution < 1.29 is 8.42 Å². The highest BCUT2D eigenvalue weighted by atomic mass is 32.2. The van der Waals surface area contributed by atoms with Crippen molar-refractivity contribution in [1.82, 2.24) is 5.32 Å². The van der Waals surface area contributed by atoms with Crippen molar-refractivity contribution in [2.75, 3.05) is 11.5 Å². The van der Waals surface area contributed by atoms with Crippen LogP contribution in [0.3, 0.4) is 0 Å². The lowest BCUT2D eigenvalue weighted by Crippen LogP contribution is -2.50. The SMILES string of the molecule is CCC1CS(=O)(=O)CC(C)N1. The average molecular weight is 177 g/mol. The Hall–Kier alpha value is -0.0900. The van der Waals surface area contributed by atoms with E-state index in [9.17, 15) is 8.42 Å². The summed E-state index contributed by atoms with van der Waals surface area (Å²) in [6.07, 6.45) is 0.892. The predicted octanol–water partition coefficient (Wildman–Crippen LogP) is 0.172. The molecular formula is C7H15NO2S. The first-order chi connectivity index (χ1) is 5.03. The van der Waals surface area contributed by atoms with Crippen molar-refractivity contribution in [2.45, 2.75) is 32.4 Å². The largest absolute Gasteiger partial charge is 0.309 e. The number of hydrogen-bond acceptors (Lipinski definition) is 3. The maximum absolute atomic E-state index is 11.2. The summed E-state index contributed by atoms with van der Waals surface area (Å²) in [6.45, 7) is 3.92. The van der Waals surface area contributed by atoms with Gasteiger partial charge in [0.05, 0.1) is 11.5 Å². The van der Waals surface area contributed by atoms with Gasteiger partial charge >= 0.3 is 0 Å². The van der Waals surface area contributed by atoms with Crippen molar-refractivity contribution in [3.05, 3.63) is 0 Å². The molecule has 3 nitrogen and oxygen atoms in total. The van der Waals surface area contributed by atoms with Gasteiger partial charge in [-0.25, -0.2) is 8.42 Å². The molecule has 1 rings (SSSR count). The second-order valence-corrected chi connectivity index (χ2v) is 5.40. The molecule has 1 saturated heterocycles. The van der Waals surface area contributed by atoms with Crippen LogP contribution in [0.25, 0.3) is 0 Å². The number of sulfone groups is 1. The van der Waals surface area contributed by atoms with Crippen LogP contribution in [0.4, 0.5) is 0 Å². The van der Waals surface area contributed by atoms with Gasteiger partial charge in [0.25, 0.3) is 0 Å². The Morgan fingerprint density at radius 1 is 1.45 bits per heavy atom. The second kappa shape index (κ2) is 3.11. The van der Waals surface area contributed by atoms with Gasteiger partial charge in [0.15, 0.2) is 9.84 Å². The van der Waals surface area contributed by atoms with E-state index in [1.807, 2.05) is 13.8 Å². The van der Waals surface area contributed by atoms with E-state index in [-0.39, 0.29) is 12.1 Å². The zero-order chi connectivity index (χ0) is 8.48. The Morgan fingerprint density at radius 3 is 2.55 bits per heavy atom. The van der Waals surface area contributed by atoms with Crippen molar-refractivity contribution in [2.24, 2.45) is 0 Å². The van der Waals surface area contributed by atoms with Crippen LogP contribution in [0.5, 0.6) is 0 Å². The summed E-state index contributed by atoms with van der Waals surface area (Å²) in [7, 11) is -2.76. The van der Waals surface area contributed by atoms with E-state index >= 15 is 0 Å². The summed E-state index contributed by atoms with van der Waals surface area (Å²) in [5, 5.41) is 3.24. The molecule has 1 heterocycles. The van der Waals surface area contributed by atoms with Gasteiger partial charge < -0.3 is 5.32 Å². The van der Waals surface area contributed by atoms with Crippen molar-refractivity contribution in [1.29, 1.82) is 0 Å². The summed E-state index contributed by atoms with van der Waals surface area (Å²) in [4.78, 5) is 0. The molecule has 1 aliphatic heterocycles. The third kappa shape index (κ3) is 2.45. The summed E-state index contributed by atoms with van der Waals surface area (Å²) in [6, 6.07) is 0.294. The molecule has 0 saturated carbocycles. The molecule has 4 heteroatoms. The Bertz CT molecular complexity index is 223. The molecule has 1 fully saturated rings. The van der Waals surface area contributed by atoms with Gasteiger partial charge in [-0.2, -0.15) is 0 Å². The molecule has 0 aromatic carbocycles. The molecule has 1 aliphatic rings. The van der Waals surface area contributed by atoms with E-state index in [1.54, 1.807) is 0 Å². The second-order valence-electron chi connectivity index (χ2n) is 3.25. The van der Waals surface area contributed by atoms with Gasteiger partial charge in [-0.05, 0) is 13.3 Å². The third-order valence-corrected chi connectivity index (χ3v) is 3.89. The molecule has 0 aromatic heterocycles. The molecule has 1 N–H and O–H groups in total.